The zero-order valence-corrected chi connectivity index (χ0v) is 19.3. The molecule has 2 atom stereocenters. The van der Waals surface area contributed by atoms with E-state index in [1.165, 1.54) is 23.2 Å². The van der Waals surface area contributed by atoms with Crippen LogP contribution in [0.4, 0.5) is 5.69 Å². The van der Waals surface area contributed by atoms with Gasteiger partial charge >= 0.3 is 0 Å². The van der Waals surface area contributed by atoms with Crippen molar-refractivity contribution >= 4 is 23.2 Å². The highest BCUT2D eigenvalue weighted by atomic mass is 35.5. The van der Waals surface area contributed by atoms with Gasteiger partial charge in [0.1, 0.15) is 0 Å². The van der Waals surface area contributed by atoms with Crippen LogP contribution >= 0.6 is 11.6 Å². The summed E-state index contributed by atoms with van der Waals surface area (Å²) >= 11 is 5.95. The monoisotopic (exact) mass is 440 g/mol. The first-order valence-electron chi connectivity index (χ1n) is 11.2. The predicted octanol–water partition coefficient (Wildman–Crippen LogP) is 2.98. The second-order valence-electron chi connectivity index (χ2n) is 9.02. The highest BCUT2D eigenvalue weighted by molar-refractivity contribution is 6.30. The van der Waals surface area contributed by atoms with Crippen molar-refractivity contribution in [1.82, 2.24) is 9.80 Å². The maximum Gasteiger partial charge on any atom is 0.239 e. The highest BCUT2D eigenvalue weighted by Crippen LogP contribution is 2.32. The number of halogens is 1. The van der Waals surface area contributed by atoms with E-state index in [1.54, 1.807) is 0 Å². The Hall–Kier alpha value is -2.08. The van der Waals surface area contributed by atoms with E-state index in [1.807, 2.05) is 29.2 Å². The van der Waals surface area contributed by atoms with E-state index in [0.29, 0.717) is 30.6 Å². The Kier molecular flexibility index (Phi) is 6.85. The van der Waals surface area contributed by atoms with Gasteiger partial charge in [-0.05, 0) is 74.7 Å². The summed E-state index contributed by atoms with van der Waals surface area (Å²) in [5.74, 6) is 0.0392. The molecule has 0 bridgehead atoms. The molecule has 31 heavy (non-hydrogen) atoms. The van der Waals surface area contributed by atoms with Crippen molar-refractivity contribution in [3.8, 4) is 0 Å². The average Bonchev–Trinajstić information content (AvgIpc) is 2.79. The number of amides is 1. The van der Waals surface area contributed by atoms with Gasteiger partial charge in [-0.1, -0.05) is 35.9 Å². The molecule has 1 aliphatic carbocycles. The van der Waals surface area contributed by atoms with Crippen molar-refractivity contribution < 1.29 is 4.79 Å². The summed E-state index contributed by atoms with van der Waals surface area (Å²) in [5.41, 5.74) is 11.6. The molecule has 2 aromatic carbocycles. The number of likely N-dealkylation sites (N-methyl/N-ethyl adjacent to an activating group) is 1. The summed E-state index contributed by atoms with van der Waals surface area (Å²) in [5, 5.41) is 0.694. The Balaban J connectivity index is 1.38. The number of carbonyl (C=O) groups excluding carboxylic acids is 1. The van der Waals surface area contributed by atoms with Crippen LogP contribution in [-0.2, 0) is 24.1 Å². The molecule has 1 heterocycles. The third-order valence-corrected chi connectivity index (χ3v) is 7.04. The molecule has 1 amide bonds. The molecule has 0 spiro atoms. The van der Waals surface area contributed by atoms with Crippen molar-refractivity contribution in [1.29, 1.82) is 0 Å². The molecule has 2 aromatic rings. The lowest BCUT2D eigenvalue weighted by Crippen LogP contribution is -2.54. The fraction of sp³-hybridized carbons (Fsp3) is 0.480. The lowest BCUT2D eigenvalue weighted by molar-refractivity contribution is -0.132. The van der Waals surface area contributed by atoms with Gasteiger partial charge in [-0.15, -0.1) is 0 Å². The van der Waals surface area contributed by atoms with E-state index >= 15 is 0 Å². The lowest BCUT2D eigenvalue weighted by atomic mass is 9.86. The first-order valence-corrected chi connectivity index (χ1v) is 11.6. The van der Waals surface area contributed by atoms with Crippen LogP contribution in [0.3, 0.4) is 0 Å². The fourth-order valence-electron chi connectivity index (χ4n) is 4.85. The maximum absolute atomic E-state index is 12.9. The smallest absolute Gasteiger partial charge is 0.239 e. The maximum atomic E-state index is 12.9. The van der Waals surface area contributed by atoms with E-state index in [2.05, 4.69) is 42.1 Å². The number of carbonyl (C=O) groups is 1. The second kappa shape index (κ2) is 9.60. The van der Waals surface area contributed by atoms with E-state index in [4.69, 9.17) is 17.3 Å². The Bertz CT molecular complexity index is 906. The molecule has 0 saturated carbocycles. The first-order chi connectivity index (χ1) is 14.9. The topological polar surface area (TPSA) is 52.8 Å². The zero-order chi connectivity index (χ0) is 22.0. The van der Waals surface area contributed by atoms with Crippen molar-refractivity contribution in [3.63, 3.8) is 0 Å². The van der Waals surface area contributed by atoms with Crippen LogP contribution in [-0.4, -0.2) is 68.1 Å². The van der Waals surface area contributed by atoms with Gasteiger partial charge in [0, 0.05) is 42.9 Å². The first kappa shape index (κ1) is 22.1. The minimum atomic E-state index is -0.516. The average molecular weight is 441 g/mol. The van der Waals surface area contributed by atoms with E-state index < -0.39 is 6.04 Å². The summed E-state index contributed by atoms with van der Waals surface area (Å²) in [7, 11) is 4.35. The fourth-order valence-corrected chi connectivity index (χ4v) is 4.98. The van der Waals surface area contributed by atoms with Gasteiger partial charge in [-0.25, -0.2) is 0 Å². The molecule has 166 valence electrons. The number of rotatable bonds is 5. The number of nitrogens with zero attached hydrogens (tertiary/aromatic N) is 3. The molecule has 1 fully saturated rings. The van der Waals surface area contributed by atoms with Crippen LogP contribution in [0.2, 0.25) is 5.02 Å². The molecule has 6 heteroatoms. The SMILES string of the molecule is CN(C)C1CCc2cccc(N3CCN(C(=O)[C@H](N)Cc4ccc(Cl)cc4)CC3)c2C1. The largest absolute Gasteiger partial charge is 0.368 e. The number of fused-ring (bicyclic) bond motifs is 1. The zero-order valence-electron chi connectivity index (χ0n) is 18.6. The summed E-state index contributed by atoms with van der Waals surface area (Å²) in [6.45, 7) is 3.13. The van der Waals surface area contributed by atoms with Crippen LogP contribution in [0.1, 0.15) is 23.1 Å². The minimum Gasteiger partial charge on any atom is -0.368 e. The lowest BCUT2D eigenvalue weighted by Gasteiger charge is -2.39. The standard InChI is InChI=1S/C25H33ClN4O/c1-28(2)21-11-8-19-4-3-5-24(22(19)17-21)29-12-14-30(15-13-29)25(31)23(27)16-18-6-9-20(26)10-7-18/h3-7,9-10,21,23H,8,11-17,27H2,1-2H3/t21?,23-/m1/s1. The van der Waals surface area contributed by atoms with Crippen LogP contribution in [0.5, 0.6) is 0 Å². The predicted molar refractivity (Wildman–Crippen MR) is 128 cm³/mol. The molecule has 1 aliphatic heterocycles. The van der Waals surface area contributed by atoms with Crippen LogP contribution in [0, 0.1) is 0 Å². The molecule has 4 rings (SSSR count). The van der Waals surface area contributed by atoms with Crippen LogP contribution in [0.25, 0.3) is 0 Å². The van der Waals surface area contributed by atoms with Gasteiger partial charge in [-0.3, -0.25) is 4.79 Å². The van der Waals surface area contributed by atoms with Gasteiger partial charge in [-0.2, -0.15) is 0 Å². The molecule has 2 N–H and O–H groups in total. The summed E-state index contributed by atoms with van der Waals surface area (Å²) < 4.78 is 0. The molecule has 0 aromatic heterocycles. The van der Waals surface area contributed by atoms with Gasteiger partial charge < -0.3 is 20.4 Å². The number of piperazine rings is 1. The van der Waals surface area contributed by atoms with Gasteiger partial charge in [0.15, 0.2) is 0 Å². The molecule has 2 aliphatic rings. The molecule has 1 unspecified atom stereocenters. The number of nitrogens with two attached hydrogens (primary N) is 1. The van der Waals surface area contributed by atoms with Gasteiger partial charge in [0.2, 0.25) is 5.91 Å². The minimum absolute atomic E-state index is 0.0392. The Labute approximate surface area is 190 Å². The Morgan fingerprint density at radius 2 is 1.84 bits per heavy atom. The van der Waals surface area contributed by atoms with E-state index in [9.17, 15) is 4.79 Å². The number of hydrogen-bond donors (Lipinski definition) is 1. The summed E-state index contributed by atoms with van der Waals surface area (Å²) in [4.78, 5) is 19.6. The summed E-state index contributed by atoms with van der Waals surface area (Å²) in [6.07, 6.45) is 4.00. The van der Waals surface area contributed by atoms with Gasteiger partial charge in [0.05, 0.1) is 6.04 Å². The number of hydrogen-bond acceptors (Lipinski definition) is 4. The third kappa shape index (κ3) is 5.05. The molecular weight excluding hydrogens is 408 g/mol. The summed E-state index contributed by atoms with van der Waals surface area (Å²) in [6, 6.07) is 14.4. The van der Waals surface area contributed by atoms with Crippen molar-refractivity contribution in [2.45, 2.75) is 37.8 Å². The number of anilines is 1. The molecular formula is C25H33ClN4O. The van der Waals surface area contributed by atoms with Crippen molar-refractivity contribution in [2.24, 2.45) is 5.73 Å². The normalized spacial score (nSPS) is 20.0. The number of aryl methyl sites for hydroxylation is 1. The van der Waals surface area contributed by atoms with E-state index in [0.717, 1.165) is 31.5 Å². The highest BCUT2D eigenvalue weighted by Gasteiger charge is 2.28. The third-order valence-electron chi connectivity index (χ3n) is 6.78. The van der Waals surface area contributed by atoms with Crippen molar-refractivity contribution in [3.05, 3.63) is 64.2 Å². The van der Waals surface area contributed by atoms with Crippen molar-refractivity contribution in [2.75, 3.05) is 45.2 Å². The van der Waals surface area contributed by atoms with Crippen LogP contribution in [0.15, 0.2) is 42.5 Å². The van der Waals surface area contributed by atoms with Gasteiger partial charge in [0.25, 0.3) is 0 Å². The molecule has 1 saturated heterocycles. The Morgan fingerprint density at radius 3 is 2.52 bits per heavy atom. The quantitative estimate of drug-likeness (QED) is 0.776. The number of benzene rings is 2. The van der Waals surface area contributed by atoms with Crippen LogP contribution < -0.4 is 10.6 Å². The van der Waals surface area contributed by atoms with E-state index in [-0.39, 0.29) is 5.91 Å². The second-order valence-corrected chi connectivity index (χ2v) is 9.46. The molecule has 0 radical (unpaired) electrons. The Morgan fingerprint density at radius 1 is 1.13 bits per heavy atom. The molecule has 5 nitrogen and oxygen atoms in total.